The molecule has 2 aromatic rings. The normalized spacial score (nSPS) is 11.4. The maximum absolute atomic E-state index is 5.70. The van der Waals surface area contributed by atoms with Crippen molar-refractivity contribution in [3.8, 4) is 0 Å². The first-order valence-corrected chi connectivity index (χ1v) is 5.60. The van der Waals surface area contributed by atoms with Crippen LogP contribution in [-0.4, -0.2) is 0 Å². The monoisotopic (exact) mass is 224 g/mol. The summed E-state index contributed by atoms with van der Waals surface area (Å²) in [6, 6.07) is 18.1. The molecule has 0 bridgehead atoms. The molecule has 4 N–H and O–H groups in total. The second-order valence-corrected chi connectivity index (χ2v) is 3.98. The fraction of sp³-hybridized carbons (Fsp3) is 0.0667. The Morgan fingerprint density at radius 3 is 2.18 bits per heavy atom. The zero-order valence-electron chi connectivity index (χ0n) is 9.64. The summed E-state index contributed by atoms with van der Waals surface area (Å²) in [5, 5.41) is 0. The number of rotatable bonds is 3. The van der Waals surface area contributed by atoms with Crippen molar-refractivity contribution < 1.29 is 0 Å². The quantitative estimate of drug-likeness (QED) is 0.788. The second-order valence-electron chi connectivity index (χ2n) is 3.98. The van der Waals surface area contributed by atoms with Crippen LogP contribution in [0.5, 0.6) is 0 Å². The minimum absolute atomic E-state index is 0.768. The highest BCUT2D eigenvalue weighted by molar-refractivity contribution is 5.68. The predicted octanol–water partition coefficient (Wildman–Crippen LogP) is 2.81. The van der Waals surface area contributed by atoms with Crippen LogP contribution in [0.25, 0.3) is 5.57 Å². The van der Waals surface area contributed by atoms with Crippen molar-refractivity contribution in [3.63, 3.8) is 0 Å². The van der Waals surface area contributed by atoms with Crippen molar-refractivity contribution in [1.82, 2.24) is 0 Å². The van der Waals surface area contributed by atoms with Gasteiger partial charge in [-0.05, 0) is 41.5 Å². The molecule has 0 amide bonds. The van der Waals surface area contributed by atoms with E-state index in [1.165, 1.54) is 5.56 Å². The van der Waals surface area contributed by atoms with Gasteiger partial charge in [0.2, 0.25) is 0 Å². The van der Waals surface area contributed by atoms with E-state index < -0.39 is 0 Å². The number of nitrogens with two attached hydrogens (primary N) is 2. The molecule has 17 heavy (non-hydrogen) atoms. The van der Waals surface area contributed by atoms with Crippen molar-refractivity contribution in [2.75, 3.05) is 5.73 Å². The Kier molecular flexibility index (Phi) is 3.46. The van der Waals surface area contributed by atoms with Gasteiger partial charge in [-0.3, -0.25) is 0 Å². The van der Waals surface area contributed by atoms with E-state index in [1.807, 2.05) is 42.5 Å². The third-order valence-corrected chi connectivity index (χ3v) is 2.72. The van der Waals surface area contributed by atoms with E-state index in [1.54, 1.807) is 6.20 Å². The Morgan fingerprint density at radius 2 is 1.59 bits per heavy atom. The summed E-state index contributed by atoms with van der Waals surface area (Å²) >= 11 is 0. The number of allylic oxidation sites excluding steroid dienone is 1. The van der Waals surface area contributed by atoms with E-state index in [0.29, 0.717) is 0 Å². The van der Waals surface area contributed by atoms with Gasteiger partial charge in [-0.15, -0.1) is 0 Å². The topological polar surface area (TPSA) is 52.0 Å². The molecule has 2 rings (SSSR count). The molecule has 0 saturated carbocycles. The van der Waals surface area contributed by atoms with Gasteiger partial charge in [0, 0.05) is 5.69 Å². The Balaban J connectivity index is 2.21. The van der Waals surface area contributed by atoms with Crippen LogP contribution < -0.4 is 11.5 Å². The van der Waals surface area contributed by atoms with Crippen LogP contribution >= 0.6 is 0 Å². The van der Waals surface area contributed by atoms with Gasteiger partial charge in [0.25, 0.3) is 0 Å². The Bertz CT molecular complexity index is 498. The number of hydrogen-bond donors (Lipinski definition) is 2. The fourth-order valence-electron chi connectivity index (χ4n) is 1.77. The lowest BCUT2D eigenvalue weighted by atomic mass is 9.99. The summed E-state index contributed by atoms with van der Waals surface area (Å²) < 4.78 is 0. The van der Waals surface area contributed by atoms with Crippen molar-refractivity contribution in [2.24, 2.45) is 5.73 Å². The summed E-state index contributed by atoms with van der Waals surface area (Å²) in [4.78, 5) is 0. The average molecular weight is 224 g/mol. The SMILES string of the molecule is N/C=C(\Cc1ccccc1)c1ccc(N)cc1. The van der Waals surface area contributed by atoms with Gasteiger partial charge < -0.3 is 11.5 Å². The molecule has 0 atom stereocenters. The highest BCUT2D eigenvalue weighted by atomic mass is 14.5. The smallest absolute Gasteiger partial charge is 0.0314 e. The van der Waals surface area contributed by atoms with E-state index in [9.17, 15) is 0 Å². The van der Waals surface area contributed by atoms with E-state index in [0.717, 1.165) is 23.2 Å². The molecule has 0 saturated heterocycles. The highest BCUT2D eigenvalue weighted by Crippen LogP contribution is 2.19. The Labute approximate surface area is 102 Å². The standard InChI is InChI=1S/C15H16N2/c16-11-14(10-12-4-2-1-3-5-12)13-6-8-15(17)9-7-13/h1-9,11H,10,16-17H2/b14-11+. The maximum atomic E-state index is 5.70. The van der Waals surface area contributed by atoms with E-state index in [4.69, 9.17) is 11.5 Å². The van der Waals surface area contributed by atoms with Gasteiger partial charge in [0.1, 0.15) is 0 Å². The summed E-state index contributed by atoms with van der Waals surface area (Å²) in [6.07, 6.45) is 2.50. The predicted molar refractivity (Wildman–Crippen MR) is 73.2 cm³/mol. The van der Waals surface area contributed by atoms with Crippen LogP contribution in [0.2, 0.25) is 0 Å². The molecule has 0 aliphatic carbocycles. The van der Waals surface area contributed by atoms with Gasteiger partial charge in [-0.1, -0.05) is 42.5 Å². The van der Waals surface area contributed by atoms with Crippen molar-refractivity contribution in [1.29, 1.82) is 0 Å². The zero-order valence-corrected chi connectivity index (χ0v) is 9.64. The first-order valence-electron chi connectivity index (χ1n) is 5.60. The van der Waals surface area contributed by atoms with Crippen molar-refractivity contribution >= 4 is 11.3 Å². The van der Waals surface area contributed by atoms with Crippen molar-refractivity contribution in [3.05, 3.63) is 71.9 Å². The summed E-state index contributed by atoms with van der Waals surface area (Å²) in [6.45, 7) is 0. The Hall–Kier alpha value is -2.22. The average Bonchev–Trinajstić information content (AvgIpc) is 2.38. The lowest BCUT2D eigenvalue weighted by molar-refractivity contribution is 1.27. The molecule has 0 heterocycles. The van der Waals surface area contributed by atoms with E-state index >= 15 is 0 Å². The van der Waals surface area contributed by atoms with Crippen LogP contribution in [0.3, 0.4) is 0 Å². The number of anilines is 1. The molecule has 2 nitrogen and oxygen atoms in total. The summed E-state index contributed by atoms with van der Waals surface area (Å²) in [5.41, 5.74) is 15.6. The second kappa shape index (κ2) is 5.21. The third-order valence-electron chi connectivity index (χ3n) is 2.72. The molecular weight excluding hydrogens is 208 g/mol. The number of hydrogen-bond acceptors (Lipinski definition) is 2. The molecule has 86 valence electrons. The van der Waals surface area contributed by atoms with Gasteiger partial charge in [0.05, 0.1) is 0 Å². The van der Waals surface area contributed by atoms with Crippen LogP contribution in [0, 0.1) is 0 Å². The van der Waals surface area contributed by atoms with E-state index in [-0.39, 0.29) is 0 Å². The molecular formula is C15H16N2. The lowest BCUT2D eigenvalue weighted by Crippen LogP contribution is -1.95. The van der Waals surface area contributed by atoms with Gasteiger partial charge in [-0.2, -0.15) is 0 Å². The van der Waals surface area contributed by atoms with Gasteiger partial charge >= 0.3 is 0 Å². The maximum Gasteiger partial charge on any atom is 0.0314 e. The first-order chi connectivity index (χ1) is 8.29. The van der Waals surface area contributed by atoms with Crippen LogP contribution in [0.15, 0.2) is 60.8 Å². The number of benzene rings is 2. The molecule has 0 radical (unpaired) electrons. The molecule has 0 spiro atoms. The lowest BCUT2D eigenvalue weighted by Gasteiger charge is -2.07. The molecule has 0 fully saturated rings. The molecule has 2 aromatic carbocycles. The largest absolute Gasteiger partial charge is 0.404 e. The van der Waals surface area contributed by atoms with Crippen molar-refractivity contribution in [2.45, 2.75) is 6.42 Å². The summed E-state index contributed by atoms with van der Waals surface area (Å²) in [5.74, 6) is 0. The van der Waals surface area contributed by atoms with Gasteiger partial charge in [-0.25, -0.2) is 0 Å². The molecule has 0 aliphatic rings. The summed E-state index contributed by atoms with van der Waals surface area (Å²) in [7, 11) is 0. The molecule has 2 heteroatoms. The highest BCUT2D eigenvalue weighted by Gasteiger charge is 2.02. The number of nitrogen functional groups attached to an aromatic ring is 1. The minimum atomic E-state index is 0.768. The first kappa shape index (κ1) is 11.3. The molecule has 0 aromatic heterocycles. The molecule has 0 unspecified atom stereocenters. The molecule has 0 aliphatic heterocycles. The fourth-order valence-corrected chi connectivity index (χ4v) is 1.77. The van der Waals surface area contributed by atoms with E-state index in [2.05, 4.69) is 12.1 Å². The zero-order chi connectivity index (χ0) is 12.1. The third kappa shape index (κ3) is 2.88. The Morgan fingerprint density at radius 1 is 0.941 bits per heavy atom. The minimum Gasteiger partial charge on any atom is -0.404 e. The van der Waals surface area contributed by atoms with Crippen LogP contribution in [0.4, 0.5) is 5.69 Å². The van der Waals surface area contributed by atoms with Gasteiger partial charge in [0.15, 0.2) is 0 Å². The van der Waals surface area contributed by atoms with Crippen LogP contribution in [-0.2, 0) is 6.42 Å². The van der Waals surface area contributed by atoms with Crippen LogP contribution in [0.1, 0.15) is 11.1 Å².